The Labute approximate surface area is 102 Å². The molecule has 0 saturated heterocycles. The van der Waals surface area contributed by atoms with Crippen LogP contribution in [0.15, 0.2) is 12.1 Å². The number of halogens is 2. The Morgan fingerprint density at radius 2 is 2.00 bits per heavy atom. The highest BCUT2D eigenvalue weighted by atomic mass is 19.2. The summed E-state index contributed by atoms with van der Waals surface area (Å²) in [6.45, 7) is 1.49. The van der Waals surface area contributed by atoms with E-state index in [-0.39, 0.29) is 6.61 Å². The molecule has 2 atom stereocenters. The average molecular weight is 261 g/mol. The number of benzene rings is 1. The molecular weight excluding hydrogens is 248 g/mol. The molecule has 7 heteroatoms. The van der Waals surface area contributed by atoms with Gasteiger partial charge in [0.05, 0.1) is 12.3 Å². The zero-order valence-electron chi connectivity index (χ0n) is 9.56. The standard InChI is InChI=1S/C11H13F2NO4/c1-2-18-11(17)10(16)9(15)5-3-4-6(14)8(13)7(5)12/h3-4,9-10,15-16H,2,14H2,1H3. The first-order valence-corrected chi connectivity index (χ1v) is 5.16. The van der Waals surface area contributed by atoms with E-state index in [2.05, 4.69) is 4.74 Å². The summed E-state index contributed by atoms with van der Waals surface area (Å²) in [7, 11) is 0. The normalized spacial score (nSPS) is 14.1. The molecule has 1 rings (SSSR count). The Morgan fingerprint density at radius 3 is 2.56 bits per heavy atom. The molecule has 4 N–H and O–H groups in total. The molecule has 0 aliphatic rings. The second-order valence-corrected chi connectivity index (χ2v) is 3.51. The van der Waals surface area contributed by atoms with Crippen molar-refractivity contribution in [3.05, 3.63) is 29.3 Å². The van der Waals surface area contributed by atoms with Gasteiger partial charge in [0.2, 0.25) is 0 Å². The summed E-state index contributed by atoms with van der Waals surface area (Å²) >= 11 is 0. The van der Waals surface area contributed by atoms with E-state index >= 15 is 0 Å². The number of nitrogens with two attached hydrogens (primary N) is 1. The van der Waals surface area contributed by atoms with Crippen molar-refractivity contribution >= 4 is 11.7 Å². The molecule has 0 aliphatic carbocycles. The van der Waals surface area contributed by atoms with Crippen molar-refractivity contribution in [1.82, 2.24) is 0 Å². The minimum Gasteiger partial charge on any atom is -0.464 e. The SMILES string of the molecule is CCOC(=O)C(O)C(O)c1ccc(N)c(F)c1F. The minimum atomic E-state index is -2.00. The summed E-state index contributed by atoms with van der Waals surface area (Å²) in [6, 6.07) is 2.01. The number of aliphatic hydroxyl groups is 2. The molecule has 0 heterocycles. The summed E-state index contributed by atoms with van der Waals surface area (Å²) in [6.07, 6.45) is -3.93. The fraction of sp³-hybridized carbons (Fsp3) is 0.364. The van der Waals surface area contributed by atoms with Crippen molar-refractivity contribution in [3.63, 3.8) is 0 Å². The smallest absolute Gasteiger partial charge is 0.338 e. The topological polar surface area (TPSA) is 92.8 Å². The van der Waals surface area contributed by atoms with Crippen molar-refractivity contribution in [2.75, 3.05) is 12.3 Å². The number of esters is 1. The summed E-state index contributed by atoms with van der Waals surface area (Å²) in [5, 5.41) is 19.0. The van der Waals surface area contributed by atoms with Crippen LogP contribution >= 0.6 is 0 Å². The number of ether oxygens (including phenoxy) is 1. The van der Waals surface area contributed by atoms with E-state index in [1.54, 1.807) is 0 Å². The maximum Gasteiger partial charge on any atom is 0.338 e. The molecule has 0 aromatic heterocycles. The van der Waals surface area contributed by atoms with Gasteiger partial charge in [-0.15, -0.1) is 0 Å². The van der Waals surface area contributed by atoms with Gasteiger partial charge in [-0.3, -0.25) is 0 Å². The zero-order chi connectivity index (χ0) is 13.9. The van der Waals surface area contributed by atoms with Crippen molar-refractivity contribution in [1.29, 1.82) is 0 Å². The molecule has 0 radical (unpaired) electrons. The highest BCUT2D eigenvalue weighted by Gasteiger charge is 2.30. The average Bonchev–Trinajstić information content (AvgIpc) is 2.35. The van der Waals surface area contributed by atoms with Gasteiger partial charge in [0.25, 0.3) is 0 Å². The molecule has 1 aromatic rings. The Kier molecular flexibility index (Phi) is 4.57. The highest BCUT2D eigenvalue weighted by molar-refractivity contribution is 5.75. The van der Waals surface area contributed by atoms with Crippen LogP contribution < -0.4 is 5.73 Å². The monoisotopic (exact) mass is 261 g/mol. The molecule has 0 amide bonds. The molecule has 0 bridgehead atoms. The Morgan fingerprint density at radius 1 is 1.39 bits per heavy atom. The van der Waals surface area contributed by atoms with Gasteiger partial charge in [-0.1, -0.05) is 6.07 Å². The van der Waals surface area contributed by atoms with Gasteiger partial charge in [0.1, 0.15) is 6.10 Å². The first-order valence-electron chi connectivity index (χ1n) is 5.16. The van der Waals surface area contributed by atoms with E-state index in [0.717, 1.165) is 12.1 Å². The predicted octanol–water partition coefficient (Wildman–Crippen LogP) is 0.504. The lowest BCUT2D eigenvalue weighted by Gasteiger charge is -2.17. The first kappa shape index (κ1) is 14.3. The van der Waals surface area contributed by atoms with Crippen LogP contribution in [0.2, 0.25) is 0 Å². The van der Waals surface area contributed by atoms with E-state index < -0.39 is 41.1 Å². The highest BCUT2D eigenvalue weighted by Crippen LogP contribution is 2.25. The number of carbonyl (C=O) groups excluding carboxylic acids is 1. The second kappa shape index (κ2) is 5.74. The third-order valence-corrected chi connectivity index (χ3v) is 2.29. The number of carbonyl (C=O) groups is 1. The Hall–Kier alpha value is -1.73. The number of nitrogen functional groups attached to an aromatic ring is 1. The predicted molar refractivity (Wildman–Crippen MR) is 58.4 cm³/mol. The van der Waals surface area contributed by atoms with Crippen LogP contribution in [0.1, 0.15) is 18.6 Å². The van der Waals surface area contributed by atoms with Crippen LogP contribution in [0.4, 0.5) is 14.5 Å². The fourth-order valence-electron chi connectivity index (χ4n) is 1.33. The second-order valence-electron chi connectivity index (χ2n) is 3.51. The lowest BCUT2D eigenvalue weighted by molar-refractivity contribution is -0.159. The van der Waals surface area contributed by atoms with E-state index in [4.69, 9.17) is 5.73 Å². The van der Waals surface area contributed by atoms with Gasteiger partial charge in [0.15, 0.2) is 17.7 Å². The summed E-state index contributed by atoms with van der Waals surface area (Å²) in [5.74, 6) is -3.88. The lowest BCUT2D eigenvalue weighted by atomic mass is 10.0. The van der Waals surface area contributed by atoms with E-state index in [1.807, 2.05) is 0 Å². The quantitative estimate of drug-likeness (QED) is 0.542. The van der Waals surface area contributed by atoms with E-state index in [1.165, 1.54) is 6.92 Å². The summed E-state index contributed by atoms with van der Waals surface area (Å²) in [5.41, 5.74) is 4.12. The molecule has 0 saturated carbocycles. The first-order chi connectivity index (χ1) is 8.40. The van der Waals surface area contributed by atoms with Crippen LogP contribution in [-0.2, 0) is 9.53 Å². The number of anilines is 1. The van der Waals surface area contributed by atoms with Crippen LogP contribution in [0.5, 0.6) is 0 Å². The van der Waals surface area contributed by atoms with Gasteiger partial charge in [-0.05, 0) is 13.0 Å². The third kappa shape index (κ3) is 2.74. The van der Waals surface area contributed by atoms with Crippen molar-refractivity contribution in [2.45, 2.75) is 19.1 Å². The third-order valence-electron chi connectivity index (χ3n) is 2.29. The minimum absolute atomic E-state index is 0.0127. The summed E-state index contributed by atoms with van der Waals surface area (Å²) in [4.78, 5) is 11.1. The molecule has 18 heavy (non-hydrogen) atoms. The molecule has 0 fully saturated rings. The molecule has 2 unspecified atom stereocenters. The molecule has 5 nitrogen and oxygen atoms in total. The lowest BCUT2D eigenvalue weighted by Crippen LogP contribution is -2.30. The number of rotatable bonds is 4. The number of aliphatic hydroxyl groups excluding tert-OH is 2. The van der Waals surface area contributed by atoms with Crippen LogP contribution in [0.25, 0.3) is 0 Å². The molecule has 0 aliphatic heterocycles. The van der Waals surface area contributed by atoms with E-state index in [0.29, 0.717) is 0 Å². The van der Waals surface area contributed by atoms with Crippen LogP contribution in [-0.4, -0.2) is 28.9 Å². The Balaban J connectivity index is 3.00. The van der Waals surface area contributed by atoms with Gasteiger partial charge in [-0.2, -0.15) is 0 Å². The fourth-order valence-corrected chi connectivity index (χ4v) is 1.33. The Bertz CT molecular complexity index is 453. The van der Waals surface area contributed by atoms with Crippen LogP contribution in [0, 0.1) is 11.6 Å². The molecule has 0 spiro atoms. The van der Waals surface area contributed by atoms with Crippen LogP contribution in [0.3, 0.4) is 0 Å². The number of hydrogen-bond acceptors (Lipinski definition) is 5. The zero-order valence-corrected chi connectivity index (χ0v) is 9.56. The van der Waals surface area contributed by atoms with Crippen molar-refractivity contribution in [3.8, 4) is 0 Å². The molecule has 1 aromatic carbocycles. The van der Waals surface area contributed by atoms with Gasteiger partial charge >= 0.3 is 5.97 Å². The van der Waals surface area contributed by atoms with Gasteiger partial charge in [0, 0.05) is 5.56 Å². The number of hydrogen-bond donors (Lipinski definition) is 3. The maximum absolute atomic E-state index is 13.4. The maximum atomic E-state index is 13.4. The summed E-state index contributed by atoms with van der Waals surface area (Å²) < 4.78 is 31.0. The largest absolute Gasteiger partial charge is 0.464 e. The van der Waals surface area contributed by atoms with E-state index in [9.17, 15) is 23.8 Å². The molecule has 100 valence electrons. The van der Waals surface area contributed by atoms with Gasteiger partial charge < -0.3 is 20.7 Å². The van der Waals surface area contributed by atoms with Crippen molar-refractivity contribution in [2.24, 2.45) is 0 Å². The van der Waals surface area contributed by atoms with Crippen molar-refractivity contribution < 1.29 is 28.5 Å². The molecular formula is C11H13F2NO4. The van der Waals surface area contributed by atoms with Gasteiger partial charge in [-0.25, -0.2) is 13.6 Å².